The molecule has 4 aromatic rings. The molecule has 0 fully saturated rings. The van der Waals surface area contributed by atoms with E-state index in [4.69, 9.17) is 9.26 Å². The molecule has 5 nitrogen and oxygen atoms in total. The first-order valence-electron chi connectivity index (χ1n) is 10.3. The zero-order chi connectivity index (χ0) is 21.8. The van der Waals surface area contributed by atoms with Crippen LogP contribution >= 0.6 is 0 Å². The van der Waals surface area contributed by atoms with E-state index in [1.807, 2.05) is 42.5 Å². The van der Waals surface area contributed by atoms with Gasteiger partial charge in [-0.25, -0.2) is 4.79 Å². The summed E-state index contributed by atoms with van der Waals surface area (Å²) in [6, 6.07) is 22.0. The van der Waals surface area contributed by atoms with Crippen molar-refractivity contribution in [2.45, 2.75) is 26.2 Å². The smallest absolute Gasteiger partial charge is 0.338 e. The minimum atomic E-state index is -0.563. The fourth-order valence-electron chi connectivity index (χ4n) is 3.40. The van der Waals surface area contributed by atoms with Gasteiger partial charge in [0.05, 0.1) is 10.9 Å². The number of carbonyl (C=O) groups is 2. The largest absolute Gasteiger partial charge is 0.454 e. The lowest BCUT2D eigenvalue weighted by atomic mass is 9.97. The fourth-order valence-corrected chi connectivity index (χ4v) is 3.40. The Hall–Kier alpha value is -3.73. The molecule has 1 heterocycles. The fraction of sp³-hybridized carbons (Fsp3) is 0.192. The maximum atomic E-state index is 12.6. The first kappa shape index (κ1) is 20.5. The van der Waals surface area contributed by atoms with Gasteiger partial charge in [-0.3, -0.25) is 4.79 Å². The maximum Gasteiger partial charge on any atom is 0.338 e. The molecule has 0 N–H and O–H groups in total. The van der Waals surface area contributed by atoms with Crippen LogP contribution in [0.25, 0.3) is 22.2 Å². The van der Waals surface area contributed by atoms with Gasteiger partial charge in [0.2, 0.25) is 0 Å². The van der Waals surface area contributed by atoms with E-state index in [2.05, 4.69) is 19.0 Å². The lowest BCUT2D eigenvalue weighted by Crippen LogP contribution is -2.14. The monoisotopic (exact) mass is 413 g/mol. The molecule has 1 aromatic heterocycles. The molecule has 0 unspecified atom stereocenters. The Morgan fingerprint density at radius 1 is 0.968 bits per heavy atom. The van der Waals surface area contributed by atoms with E-state index < -0.39 is 5.97 Å². The van der Waals surface area contributed by atoms with Crippen molar-refractivity contribution in [2.75, 3.05) is 6.61 Å². The Morgan fingerprint density at radius 3 is 2.39 bits per heavy atom. The molecule has 0 aliphatic rings. The third kappa shape index (κ3) is 4.40. The van der Waals surface area contributed by atoms with E-state index in [1.165, 1.54) is 5.56 Å². The van der Waals surface area contributed by atoms with E-state index in [0.29, 0.717) is 33.7 Å². The highest BCUT2D eigenvalue weighted by Crippen LogP contribution is 2.29. The molecule has 0 bridgehead atoms. The second-order valence-electron chi connectivity index (χ2n) is 7.54. The Bertz CT molecular complexity index is 1210. The molecule has 0 spiro atoms. The summed E-state index contributed by atoms with van der Waals surface area (Å²) in [5.41, 5.74) is 3.57. The quantitative estimate of drug-likeness (QED) is 0.273. The molecule has 5 heteroatoms. The molecular formula is C26H23NO4. The van der Waals surface area contributed by atoms with Gasteiger partial charge in [0.1, 0.15) is 5.52 Å². The molecule has 3 aromatic carbocycles. The number of ether oxygens (including phenoxy) is 1. The molecule has 0 saturated heterocycles. The number of rotatable bonds is 7. The summed E-state index contributed by atoms with van der Waals surface area (Å²) in [5.74, 6) is 0.226. The summed E-state index contributed by atoms with van der Waals surface area (Å²) < 4.78 is 10.7. The second kappa shape index (κ2) is 8.96. The molecule has 0 saturated carbocycles. The SMILES string of the molecule is CC[C@@H](C)c1ccc(C(=O)COC(=O)c2ccc3noc(-c4ccccc4)c3c2)cc1. The lowest BCUT2D eigenvalue weighted by molar-refractivity contribution is 0.0475. The number of carbonyl (C=O) groups excluding carboxylic acids is 2. The van der Waals surface area contributed by atoms with Gasteiger partial charge in [-0.1, -0.05) is 73.6 Å². The van der Waals surface area contributed by atoms with Crippen molar-refractivity contribution >= 4 is 22.7 Å². The Kier molecular flexibility index (Phi) is 5.94. The number of Topliss-reactive ketones (excluding diaryl/α,β-unsaturated/α-hetero) is 1. The van der Waals surface area contributed by atoms with Gasteiger partial charge in [-0.15, -0.1) is 0 Å². The van der Waals surface area contributed by atoms with Gasteiger partial charge in [-0.2, -0.15) is 0 Å². The van der Waals surface area contributed by atoms with Crippen LogP contribution in [0.4, 0.5) is 0 Å². The third-order valence-electron chi connectivity index (χ3n) is 5.50. The number of hydrogen-bond donors (Lipinski definition) is 0. The summed E-state index contributed by atoms with van der Waals surface area (Å²) in [4.78, 5) is 25.0. The Labute approximate surface area is 180 Å². The molecule has 1 atom stereocenters. The molecule has 156 valence electrons. The number of aromatic nitrogens is 1. The highest BCUT2D eigenvalue weighted by atomic mass is 16.5. The van der Waals surface area contributed by atoms with Crippen molar-refractivity contribution in [2.24, 2.45) is 0 Å². The summed E-state index contributed by atoms with van der Waals surface area (Å²) in [6.07, 6.45) is 1.04. The standard InChI is InChI=1S/C26H23NO4/c1-3-17(2)18-9-11-19(12-10-18)24(28)16-30-26(29)21-13-14-23-22(15-21)25(31-27-23)20-7-5-4-6-8-20/h4-15,17H,3,16H2,1-2H3/t17-/m1/s1. The van der Waals surface area contributed by atoms with Crippen molar-refractivity contribution in [3.8, 4) is 11.3 Å². The Morgan fingerprint density at radius 2 is 1.68 bits per heavy atom. The van der Waals surface area contributed by atoms with Crippen LogP contribution in [0.2, 0.25) is 0 Å². The van der Waals surface area contributed by atoms with Crippen molar-refractivity contribution in [3.05, 3.63) is 89.5 Å². The topological polar surface area (TPSA) is 69.4 Å². The lowest BCUT2D eigenvalue weighted by Gasteiger charge is -2.09. The van der Waals surface area contributed by atoms with Gasteiger partial charge >= 0.3 is 5.97 Å². The van der Waals surface area contributed by atoms with Crippen molar-refractivity contribution < 1.29 is 18.8 Å². The van der Waals surface area contributed by atoms with Crippen LogP contribution < -0.4 is 0 Å². The van der Waals surface area contributed by atoms with Crippen molar-refractivity contribution in [1.29, 1.82) is 0 Å². The number of hydrogen-bond acceptors (Lipinski definition) is 5. The van der Waals surface area contributed by atoms with Gasteiger partial charge < -0.3 is 9.26 Å². The van der Waals surface area contributed by atoms with Crippen molar-refractivity contribution in [3.63, 3.8) is 0 Å². The zero-order valence-corrected chi connectivity index (χ0v) is 17.5. The second-order valence-corrected chi connectivity index (χ2v) is 7.54. The van der Waals surface area contributed by atoms with Crippen LogP contribution in [0.15, 0.2) is 77.3 Å². The van der Waals surface area contributed by atoms with Gasteiger partial charge in [0.25, 0.3) is 0 Å². The number of nitrogens with zero attached hydrogens (tertiary/aromatic N) is 1. The molecule has 31 heavy (non-hydrogen) atoms. The van der Waals surface area contributed by atoms with Gasteiger partial charge in [-0.05, 0) is 36.1 Å². The van der Waals surface area contributed by atoms with E-state index in [1.54, 1.807) is 30.3 Å². The maximum absolute atomic E-state index is 12.6. The van der Waals surface area contributed by atoms with Gasteiger partial charge in [0.15, 0.2) is 18.2 Å². The predicted octanol–water partition coefficient (Wildman–Crippen LogP) is 6.05. The van der Waals surface area contributed by atoms with Crippen LogP contribution in [0.3, 0.4) is 0 Å². The molecule has 4 rings (SSSR count). The van der Waals surface area contributed by atoms with Crippen molar-refractivity contribution in [1.82, 2.24) is 5.16 Å². The molecule has 0 amide bonds. The van der Waals surface area contributed by atoms with Crippen LogP contribution in [0.1, 0.15) is 52.5 Å². The minimum Gasteiger partial charge on any atom is -0.454 e. The highest BCUT2D eigenvalue weighted by Gasteiger charge is 2.16. The third-order valence-corrected chi connectivity index (χ3v) is 5.50. The molecular weight excluding hydrogens is 390 g/mol. The number of fused-ring (bicyclic) bond motifs is 1. The summed E-state index contributed by atoms with van der Waals surface area (Å²) in [6.45, 7) is 3.96. The van der Waals surface area contributed by atoms with Gasteiger partial charge in [0, 0.05) is 11.1 Å². The van der Waals surface area contributed by atoms with Crippen LogP contribution in [0.5, 0.6) is 0 Å². The Balaban J connectivity index is 1.46. The van der Waals surface area contributed by atoms with Crippen LogP contribution in [-0.2, 0) is 4.74 Å². The number of benzene rings is 3. The average molecular weight is 413 g/mol. The number of esters is 1. The van der Waals surface area contributed by atoms with Crippen LogP contribution in [0, 0.1) is 0 Å². The van der Waals surface area contributed by atoms with E-state index in [9.17, 15) is 9.59 Å². The van der Waals surface area contributed by atoms with Crippen LogP contribution in [-0.4, -0.2) is 23.5 Å². The van der Waals surface area contributed by atoms with E-state index in [-0.39, 0.29) is 12.4 Å². The summed E-state index contributed by atoms with van der Waals surface area (Å²) in [7, 11) is 0. The summed E-state index contributed by atoms with van der Waals surface area (Å²) in [5, 5.41) is 4.77. The minimum absolute atomic E-state index is 0.236. The first-order valence-corrected chi connectivity index (χ1v) is 10.3. The molecule has 0 aliphatic heterocycles. The number of ketones is 1. The zero-order valence-electron chi connectivity index (χ0n) is 17.5. The molecule has 0 aliphatic carbocycles. The predicted molar refractivity (Wildman–Crippen MR) is 119 cm³/mol. The average Bonchev–Trinajstić information content (AvgIpc) is 3.25. The van der Waals surface area contributed by atoms with E-state index >= 15 is 0 Å². The molecule has 0 radical (unpaired) electrons. The van der Waals surface area contributed by atoms with E-state index in [0.717, 1.165) is 12.0 Å². The highest BCUT2D eigenvalue weighted by molar-refractivity contribution is 6.01. The summed E-state index contributed by atoms with van der Waals surface area (Å²) >= 11 is 0. The first-order chi connectivity index (χ1) is 15.1. The normalized spacial score (nSPS) is 11.9.